The molecule has 0 amide bonds. The number of sulfone groups is 1. The highest BCUT2D eigenvalue weighted by molar-refractivity contribution is 7.92. The highest BCUT2D eigenvalue weighted by Gasteiger charge is 2.48. The monoisotopic (exact) mass is 569 g/mol. The van der Waals surface area contributed by atoms with Crippen LogP contribution in [0.3, 0.4) is 0 Å². The van der Waals surface area contributed by atoms with Crippen LogP contribution in [-0.2, 0) is 14.6 Å². The van der Waals surface area contributed by atoms with E-state index in [1.165, 1.54) is 29.9 Å². The van der Waals surface area contributed by atoms with Crippen LogP contribution in [0.25, 0.3) is 22.3 Å². The summed E-state index contributed by atoms with van der Waals surface area (Å²) < 4.78 is 90.3. The van der Waals surface area contributed by atoms with Gasteiger partial charge in [0.05, 0.1) is 29.7 Å². The summed E-state index contributed by atoms with van der Waals surface area (Å²) in [7, 11) is -3.17. The molecule has 0 saturated carbocycles. The number of ketones is 1. The number of halogens is 4. The van der Waals surface area contributed by atoms with E-state index in [-0.39, 0.29) is 64.8 Å². The molecule has 2 aliphatic rings. The van der Waals surface area contributed by atoms with Gasteiger partial charge in [-0.1, -0.05) is 19.1 Å². The Morgan fingerprint density at radius 2 is 2.03 bits per heavy atom. The highest BCUT2D eigenvalue weighted by atomic mass is 32.2. The van der Waals surface area contributed by atoms with Crippen LogP contribution in [0, 0.1) is 11.3 Å². The number of Topliss-reactive ketones (excluding diaryl/α,β-unsaturated/α-hetero) is 1. The van der Waals surface area contributed by atoms with Gasteiger partial charge in [0.15, 0.2) is 15.6 Å². The molecule has 2 saturated heterocycles. The minimum atomic E-state index is -4.56. The third-order valence-electron chi connectivity index (χ3n) is 7.05. The largest absolute Gasteiger partial charge is 0.461 e. The maximum atomic E-state index is 14.0. The second-order valence-electron chi connectivity index (χ2n) is 10.6. The molecule has 2 fully saturated rings. The zero-order valence-electron chi connectivity index (χ0n) is 21.2. The molecule has 210 valence electrons. The zero-order valence-corrected chi connectivity index (χ0v) is 22.1. The molecule has 0 N–H and O–H groups in total. The number of pyridine rings is 1. The van der Waals surface area contributed by atoms with Gasteiger partial charge in [-0.2, -0.15) is 18.3 Å². The first kappa shape index (κ1) is 27.5. The predicted molar refractivity (Wildman–Crippen MR) is 134 cm³/mol. The predicted octanol–water partition coefficient (Wildman–Crippen LogP) is 4.94. The van der Waals surface area contributed by atoms with Crippen LogP contribution in [0.1, 0.15) is 43.1 Å². The molecule has 39 heavy (non-hydrogen) atoms. The van der Waals surface area contributed by atoms with Crippen LogP contribution in [0.15, 0.2) is 36.5 Å². The molecule has 13 heteroatoms. The molecular formula is C26H27F4N3O5S. The fourth-order valence-corrected chi connectivity index (χ4v) is 7.71. The number of carbonyl (C=O) groups excluding carboxylic acids is 1. The Balaban J connectivity index is 1.60. The summed E-state index contributed by atoms with van der Waals surface area (Å²) in [6, 6.07) is 6.68. The van der Waals surface area contributed by atoms with Crippen molar-refractivity contribution in [3.63, 3.8) is 0 Å². The van der Waals surface area contributed by atoms with Gasteiger partial charge in [0, 0.05) is 42.7 Å². The number of hydrogen-bond donors (Lipinski definition) is 0. The van der Waals surface area contributed by atoms with Crippen molar-refractivity contribution in [2.45, 2.75) is 45.3 Å². The first-order chi connectivity index (χ1) is 18.2. The molecule has 3 atom stereocenters. The summed E-state index contributed by atoms with van der Waals surface area (Å²) in [5.74, 6) is -2.19. The lowest BCUT2D eigenvalue weighted by molar-refractivity contribution is -0.213. The third-order valence-corrected chi connectivity index (χ3v) is 9.33. The Morgan fingerprint density at radius 1 is 1.28 bits per heavy atom. The van der Waals surface area contributed by atoms with Crippen LogP contribution in [0.2, 0.25) is 0 Å². The van der Waals surface area contributed by atoms with E-state index in [4.69, 9.17) is 9.47 Å². The van der Waals surface area contributed by atoms with Crippen molar-refractivity contribution in [1.29, 1.82) is 0 Å². The van der Waals surface area contributed by atoms with Gasteiger partial charge in [-0.25, -0.2) is 12.8 Å². The van der Waals surface area contributed by atoms with Crippen molar-refractivity contribution in [2.24, 2.45) is 11.3 Å². The first-order valence-electron chi connectivity index (χ1n) is 12.4. The van der Waals surface area contributed by atoms with E-state index in [2.05, 4.69) is 10.1 Å². The molecule has 3 unspecified atom stereocenters. The Morgan fingerprint density at radius 3 is 2.69 bits per heavy atom. The normalized spacial score (nSPS) is 23.2. The Bertz CT molecular complexity index is 1510. The Kier molecular flexibility index (Phi) is 6.94. The van der Waals surface area contributed by atoms with E-state index in [9.17, 15) is 30.8 Å². The van der Waals surface area contributed by atoms with Crippen LogP contribution in [0.4, 0.5) is 17.6 Å². The van der Waals surface area contributed by atoms with E-state index in [1.54, 1.807) is 25.1 Å². The second-order valence-corrected chi connectivity index (χ2v) is 12.7. The average molecular weight is 570 g/mol. The van der Waals surface area contributed by atoms with Gasteiger partial charge in [-0.05, 0) is 24.6 Å². The molecule has 0 bridgehead atoms. The van der Waals surface area contributed by atoms with Crippen molar-refractivity contribution in [1.82, 2.24) is 14.8 Å². The van der Waals surface area contributed by atoms with Crippen LogP contribution in [-0.4, -0.2) is 66.2 Å². The van der Waals surface area contributed by atoms with Crippen molar-refractivity contribution in [3.05, 3.63) is 42.1 Å². The molecule has 4 heterocycles. The number of fused-ring (bicyclic) bond motifs is 1. The minimum absolute atomic E-state index is 0.0380. The van der Waals surface area contributed by atoms with Gasteiger partial charge in [-0.3, -0.25) is 14.5 Å². The minimum Gasteiger partial charge on any atom is -0.461 e. The SMILES string of the molecule is CC(F)Oc1cccc(-c2nn(C3CCOCC3C(F)(F)F)c3cc(C(=O)CC4(C)CS(=O)(=O)C4)cnc23)c1. The molecular weight excluding hydrogens is 542 g/mol. The first-order valence-corrected chi connectivity index (χ1v) is 14.2. The van der Waals surface area contributed by atoms with Crippen LogP contribution < -0.4 is 4.74 Å². The number of benzene rings is 1. The molecule has 0 radical (unpaired) electrons. The molecule has 0 aliphatic carbocycles. The van der Waals surface area contributed by atoms with Gasteiger partial charge in [0.2, 0.25) is 6.36 Å². The Hall–Kier alpha value is -3.06. The van der Waals surface area contributed by atoms with Gasteiger partial charge in [0.1, 0.15) is 22.9 Å². The van der Waals surface area contributed by atoms with Crippen molar-refractivity contribution < 1.29 is 40.2 Å². The third kappa shape index (κ3) is 5.65. The van der Waals surface area contributed by atoms with Crippen LogP contribution in [0.5, 0.6) is 5.75 Å². The molecule has 0 spiro atoms. The van der Waals surface area contributed by atoms with E-state index in [0.29, 0.717) is 5.56 Å². The van der Waals surface area contributed by atoms with E-state index >= 15 is 0 Å². The standard InChI is InChI=1S/C26H27F4N3O5S/c1-15(27)38-18-5-3-4-16(8-18)23-24-21(33(32-23)20-6-7-37-12-19(20)26(28,29)30)9-17(11-31-24)22(34)10-25(2)13-39(35,36)14-25/h3-5,8-9,11,15,19-20H,6-7,10,12-14H2,1-2H3. The Labute approximate surface area is 222 Å². The molecule has 3 aromatic rings. The van der Waals surface area contributed by atoms with Crippen LogP contribution >= 0.6 is 0 Å². The molecule has 2 aromatic heterocycles. The summed E-state index contributed by atoms with van der Waals surface area (Å²) >= 11 is 0. The quantitative estimate of drug-likeness (QED) is 0.294. The summed E-state index contributed by atoms with van der Waals surface area (Å²) in [5.41, 5.74) is 0.651. The number of nitrogens with zero attached hydrogens (tertiary/aromatic N) is 3. The van der Waals surface area contributed by atoms with Gasteiger partial charge in [0.25, 0.3) is 0 Å². The average Bonchev–Trinajstić information content (AvgIpc) is 3.20. The number of ether oxygens (including phenoxy) is 2. The van der Waals surface area contributed by atoms with Gasteiger partial charge < -0.3 is 9.47 Å². The molecule has 2 aliphatic heterocycles. The second kappa shape index (κ2) is 9.84. The van der Waals surface area contributed by atoms with E-state index in [0.717, 1.165) is 0 Å². The van der Waals surface area contributed by atoms with Gasteiger partial charge in [-0.15, -0.1) is 0 Å². The summed E-state index contributed by atoms with van der Waals surface area (Å²) in [6.45, 7) is 2.51. The maximum absolute atomic E-state index is 14.0. The smallest absolute Gasteiger partial charge is 0.396 e. The maximum Gasteiger partial charge on any atom is 0.396 e. The number of rotatable bonds is 7. The van der Waals surface area contributed by atoms with E-state index in [1.807, 2.05) is 0 Å². The molecule has 1 aromatic carbocycles. The number of alkyl halides is 4. The lowest BCUT2D eigenvalue weighted by atomic mass is 9.86. The lowest BCUT2D eigenvalue weighted by Crippen LogP contribution is -2.47. The fraction of sp³-hybridized carbons (Fsp3) is 0.500. The topological polar surface area (TPSA) is 100 Å². The molecule has 5 rings (SSSR count). The zero-order chi connectivity index (χ0) is 28.2. The number of aromatic nitrogens is 3. The van der Waals surface area contributed by atoms with Crippen molar-refractivity contribution in [2.75, 3.05) is 24.7 Å². The van der Waals surface area contributed by atoms with Crippen molar-refractivity contribution in [3.8, 4) is 17.0 Å². The van der Waals surface area contributed by atoms with E-state index < -0.39 is 46.4 Å². The number of hydrogen-bond acceptors (Lipinski definition) is 7. The van der Waals surface area contributed by atoms with Crippen molar-refractivity contribution >= 4 is 26.7 Å². The number of carbonyl (C=O) groups is 1. The lowest BCUT2D eigenvalue weighted by Gasteiger charge is -2.37. The summed E-state index contributed by atoms with van der Waals surface area (Å²) in [6.07, 6.45) is -4.81. The highest BCUT2D eigenvalue weighted by Crippen LogP contribution is 2.42. The van der Waals surface area contributed by atoms with Gasteiger partial charge >= 0.3 is 6.18 Å². The fourth-order valence-electron chi connectivity index (χ4n) is 5.47. The molecule has 8 nitrogen and oxygen atoms in total. The summed E-state index contributed by atoms with van der Waals surface area (Å²) in [4.78, 5) is 17.6. The summed E-state index contributed by atoms with van der Waals surface area (Å²) in [5, 5.41) is 4.55.